The van der Waals surface area contributed by atoms with Crippen molar-refractivity contribution in [1.82, 2.24) is 10.2 Å². The molecule has 1 saturated carbocycles. The lowest BCUT2D eigenvalue weighted by Gasteiger charge is -2.30. The van der Waals surface area contributed by atoms with Gasteiger partial charge in [0.2, 0.25) is 17.7 Å². The number of amides is 3. The molecule has 1 aliphatic heterocycles. The SMILES string of the molecule is CC(NC(=O)CN1C(=O)CC2(CCCCC2)C1=O)c1ccc(Cl)cc1. The molecule has 1 aromatic rings. The summed E-state index contributed by atoms with van der Waals surface area (Å²) in [4.78, 5) is 38.5. The van der Waals surface area contributed by atoms with Gasteiger partial charge >= 0.3 is 0 Å². The number of rotatable bonds is 4. The summed E-state index contributed by atoms with van der Waals surface area (Å²) in [5.74, 6) is -0.704. The van der Waals surface area contributed by atoms with Gasteiger partial charge in [-0.2, -0.15) is 0 Å². The van der Waals surface area contributed by atoms with E-state index in [4.69, 9.17) is 11.6 Å². The first kappa shape index (κ1) is 17.9. The van der Waals surface area contributed by atoms with Gasteiger partial charge < -0.3 is 5.32 Å². The number of imide groups is 1. The summed E-state index contributed by atoms with van der Waals surface area (Å²) < 4.78 is 0. The van der Waals surface area contributed by atoms with E-state index in [0.29, 0.717) is 5.02 Å². The Hall–Kier alpha value is -1.88. The van der Waals surface area contributed by atoms with Crippen molar-refractivity contribution in [2.45, 2.75) is 51.5 Å². The number of halogens is 1. The van der Waals surface area contributed by atoms with E-state index in [0.717, 1.165) is 42.6 Å². The minimum atomic E-state index is -0.544. The van der Waals surface area contributed by atoms with Gasteiger partial charge in [0.25, 0.3) is 0 Å². The molecule has 134 valence electrons. The van der Waals surface area contributed by atoms with Crippen LogP contribution in [0.5, 0.6) is 0 Å². The number of nitrogens with one attached hydrogen (secondary N) is 1. The molecule has 2 aliphatic rings. The number of hydrogen-bond acceptors (Lipinski definition) is 3. The molecule has 1 unspecified atom stereocenters. The van der Waals surface area contributed by atoms with Crippen LogP contribution in [-0.2, 0) is 14.4 Å². The fourth-order valence-corrected chi connectivity index (χ4v) is 4.03. The normalized spacial score (nSPS) is 20.8. The highest BCUT2D eigenvalue weighted by Gasteiger charge is 2.51. The monoisotopic (exact) mass is 362 g/mol. The van der Waals surface area contributed by atoms with Gasteiger partial charge in [0, 0.05) is 11.4 Å². The smallest absolute Gasteiger partial charge is 0.240 e. The quantitative estimate of drug-likeness (QED) is 0.836. The first-order valence-corrected chi connectivity index (χ1v) is 9.19. The van der Waals surface area contributed by atoms with Crippen LogP contribution in [0, 0.1) is 5.41 Å². The highest BCUT2D eigenvalue weighted by molar-refractivity contribution is 6.30. The molecule has 3 amide bonds. The molecule has 2 fully saturated rings. The number of benzene rings is 1. The van der Waals surface area contributed by atoms with Crippen LogP contribution in [0.4, 0.5) is 0 Å². The lowest BCUT2D eigenvalue weighted by atomic mass is 9.73. The van der Waals surface area contributed by atoms with E-state index >= 15 is 0 Å². The molecule has 0 bridgehead atoms. The van der Waals surface area contributed by atoms with Crippen LogP contribution in [0.1, 0.15) is 57.1 Å². The van der Waals surface area contributed by atoms with E-state index in [-0.39, 0.29) is 36.7 Å². The van der Waals surface area contributed by atoms with E-state index in [1.54, 1.807) is 12.1 Å². The van der Waals surface area contributed by atoms with Crippen LogP contribution in [-0.4, -0.2) is 29.2 Å². The predicted molar refractivity (Wildman–Crippen MR) is 94.9 cm³/mol. The molecule has 1 aliphatic carbocycles. The van der Waals surface area contributed by atoms with Crippen molar-refractivity contribution in [3.8, 4) is 0 Å². The molecular formula is C19H23ClN2O3. The Labute approximate surface area is 152 Å². The standard InChI is InChI=1S/C19H23ClN2O3/c1-13(14-5-7-15(20)8-6-14)21-16(23)12-22-17(24)11-19(18(22)25)9-3-2-4-10-19/h5-8,13H,2-4,9-12H2,1H3,(H,21,23). The van der Waals surface area contributed by atoms with Crippen LogP contribution in [0.25, 0.3) is 0 Å². The van der Waals surface area contributed by atoms with Gasteiger partial charge in [0.1, 0.15) is 6.54 Å². The largest absolute Gasteiger partial charge is 0.348 e. The maximum atomic E-state index is 12.7. The third-order valence-corrected chi connectivity index (χ3v) is 5.60. The number of carbonyl (C=O) groups is 3. The van der Waals surface area contributed by atoms with E-state index in [2.05, 4.69) is 5.32 Å². The molecule has 0 aromatic heterocycles. The van der Waals surface area contributed by atoms with Crippen LogP contribution < -0.4 is 5.32 Å². The summed E-state index contributed by atoms with van der Waals surface area (Å²) in [5.41, 5.74) is 0.373. The molecule has 1 atom stereocenters. The Morgan fingerprint density at radius 2 is 1.84 bits per heavy atom. The highest BCUT2D eigenvalue weighted by Crippen LogP contribution is 2.45. The number of carbonyl (C=O) groups excluding carboxylic acids is 3. The van der Waals surface area contributed by atoms with Gasteiger partial charge in [-0.05, 0) is 37.5 Å². The second-order valence-electron chi connectivity index (χ2n) is 7.14. The predicted octanol–water partition coefficient (Wildman–Crippen LogP) is 3.23. The zero-order valence-corrected chi connectivity index (χ0v) is 15.1. The lowest BCUT2D eigenvalue weighted by molar-refractivity contribution is -0.145. The molecule has 1 spiro atoms. The van der Waals surface area contributed by atoms with Gasteiger partial charge in [-0.25, -0.2) is 0 Å². The second kappa shape index (κ2) is 7.16. The van der Waals surface area contributed by atoms with Crippen molar-refractivity contribution in [2.75, 3.05) is 6.54 Å². The summed E-state index contributed by atoms with van der Waals surface area (Å²) in [6.07, 6.45) is 4.85. The Kier molecular flexibility index (Phi) is 5.13. The third kappa shape index (κ3) is 3.71. The molecule has 1 aromatic carbocycles. The van der Waals surface area contributed by atoms with Crippen molar-refractivity contribution < 1.29 is 14.4 Å². The fourth-order valence-electron chi connectivity index (χ4n) is 3.90. The number of likely N-dealkylation sites (tertiary alicyclic amines) is 1. The maximum absolute atomic E-state index is 12.7. The highest BCUT2D eigenvalue weighted by atomic mass is 35.5. The Bertz CT molecular complexity index is 680. The topological polar surface area (TPSA) is 66.5 Å². The Morgan fingerprint density at radius 3 is 2.48 bits per heavy atom. The molecule has 1 saturated heterocycles. The lowest BCUT2D eigenvalue weighted by Crippen LogP contribution is -2.43. The molecule has 1 N–H and O–H groups in total. The van der Waals surface area contributed by atoms with Crippen molar-refractivity contribution in [3.05, 3.63) is 34.9 Å². The van der Waals surface area contributed by atoms with E-state index in [1.807, 2.05) is 19.1 Å². The van der Waals surface area contributed by atoms with E-state index < -0.39 is 5.41 Å². The first-order chi connectivity index (χ1) is 11.9. The maximum Gasteiger partial charge on any atom is 0.240 e. The third-order valence-electron chi connectivity index (χ3n) is 5.35. The van der Waals surface area contributed by atoms with Gasteiger partial charge in [-0.3, -0.25) is 19.3 Å². The number of hydrogen-bond donors (Lipinski definition) is 1. The van der Waals surface area contributed by atoms with Crippen molar-refractivity contribution >= 4 is 29.3 Å². The average Bonchev–Trinajstić information content (AvgIpc) is 2.80. The molecule has 1 heterocycles. The molecular weight excluding hydrogens is 340 g/mol. The Balaban J connectivity index is 1.61. The van der Waals surface area contributed by atoms with Crippen LogP contribution in [0.15, 0.2) is 24.3 Å². The first-order valence-electron chi connectivity index (χ1n) is 8.81. The molecule has 0 radical (unpaired) electrons. The van der Waals surface area contributed by atoms with E-state index in [1.165, 1.54) is 0 Å². The number of nitrogens with zero attached hydrogens (tertiary/aromatic N) is 1. The fraction of sp³-hybridized carbons (Fsp3) is 0.526. The zero-order valence-electron chi connectivity index (χ0n) is 14.4. The van der Waals surface area contributed by atoms with Crippen molar-refractivity contribution in [3.63, 3.8) is 0 Å². The minimum absolute atomic E-state index is 0.161. The molecule has 5 nitrogen and oxygen atoms in total. The van der Waals surface area contributed by atoms with Gasteiger partial charge in [-0.15, -0.1) is 0 Å². The summed E-state index contributed by atoms with van der Waals surface area (Å²) in [7, 11) is 0. The van der Waals surface area contributed by atoms with Crippen molar-refractivity contribution in [1.29, 1.82) is 0 Å². The van der Waals surface area contributed by atoms with Gasteiger partial charge in [0.05, 0.1) is 11.5 Å². The van der Waals surface area contributed by atoms with Crippen LogP contribution in [0.3, 0.4) is 0 Å². The zero-order chi connectivity index (χ0) is 18.0. The average molecular weight is 363 g/mol. The van der Waals surface area contributed by atoms with Gasteiger partial charge in [0.15, 0.2) is 0 Å². The van der Waals surface area contributed by atoms with Gasteiger partial charge in [-0.1, -0.05) is 43.0 Å². The Morgan fingerprint density at radius 1 is 1.20 bits per heavy atom. The molecule has 3 rings (SSSR count). The summed E-state index contributed by atoms with van der Waals surface area (Å²) in [5, 5.41) is 3.48. The molecule has 25 heavy (non-hydrogen) atoms. The summed E-state index contributed by atoms with van der Waals surface area (Å²) >= 11 is 5.87. The minimum Gasteiger partial charge on any atom is -0.348 e. The summed E-state index contributed by atoms with van der Waals surface area (Å²) in [6.45, 7) is 1.66. The van der Waals surface area contributed by atoms with E-state index in [9.17, 15) is 14.4 Å². The van der Waals surface area contributed by atoms with Crippen LogP contribution in [0.2, 0.25) is 5.02 Å². The summed E-state index contributed by atoms with van der Waals surface area (Å²) in [6, 6.07) is 6.99. The second-order valence-corrected chi connectivity index (χ2v) is 7.58. The molecule has 6 heteroatoms. The van der Waals surface area contributed by atoms with Crippen molar-refractivity contribution in [2.24, 2.45) is 5.41 Å². The van der Waals surface area contributed by atoms with Crippen LogP contribution >= 0.6 is 11.6 Å².